The first-order valence-corrected chi connectivity index (χ1v) is 19.3. The van der Waals surface area contributed by atoms with E-state index in [-0.39, 0.29) is 54.3 Å². The molecule has 284 valence electrons. The molecule has 4 heterocycles. The van der Waals surface area contributed by atoms with Crippen LogP contribution in [0, 0.1) is 5.41 Å². The fourth-order valence-corrected chi connectivity index (χ4v) is 8.82. The Labute approximate surface area is 314 Å². The molecule has 0 saturated carbocycles. The van der Waals surface area contributed by atoms with Gasteiger partial charge in [-0.1, -0.05) is 28.3 Å². The van der Waals surface area contributed by atoms with Crippen LogP contribution in [0.3, 0.4) is 0 Å². The molecule has 0 bridgehead atoms. The number of ether oxygens (including phenoxy) is 2. The summed E-state index contributed by atoms with van der Waals surface area (Å²) < 4.78 is 10.9. The lowest BCUT2D eigenvalue weighted by Gasteiger charge is -2.53. The van der Waals surface area contributed by atoms with E-state index >= 15 is 0 Å². The number of carboxylic acids is 1. The second-order valence-corrected chi connectivity index (χ2v) is 17.6. The number of β-lactam (4-membered cyclic amide) rings is 1. The minimum atomic E-state index is -1.31. The summed E-state index contributed by atoms with van der Waals surface area (Å²) in [7, 11) is 0. The van der Waals surface area contributed by atoms with Gasteiger partial charge in [0.2, 0.25) is 12.3 Å². The molecule has 2 unspecified atom stereocenters. The number of hydrogen-bond acceptors (Lipinski definition) is 17. The molecule has 0 aliphatic carbocycles. The van der Waals surface area contributed by atoms with Crippen molar-refractivity contribution in [2.75, 3.05) is 36.5 Å². The number of carbonyl (C=O) groups excluding carboxylic acids is 5. The van der Waals surface area contributed by atoms with Crippen LogP contribution < -0.4 is 21.3 Å². The van der Waals surface area contributed by atoms with Crippen LogP contribution in [-0.2, 0) is 40.0 Å². The quantitative estimate of drug-likeness (QED) is 0.0432. The highest BCUT2D eigenvalue weighted by atomic mass is 32.2. The Morgan fingerprint density at radius 2 is 1.81 bits per heavy atom. The molecule has 2 aromatic rings. The van der Waals surface area contributed by atoms with Gasteiger partial charge in [-0.2, -0.15) is 0 Å². The van der Waals surface area contributed by atoms with Crippen LogP contribution in [0.25, 0.3) is 0 Å². The third-order valence-electron chi connectivity index (χ3n) is 6.75. The molecule has 2 aliphatic rings. The lowest BCUT2D eigenvalue weighted by molar-refractivity contribution is -0.157. The van der Waals surface area contributed by atoms with Crippen molar-refractivity contribution in [3.8, 4) is 0 Å². The molecule has 5 amide bonds. The van der Waals surface area contributed by atoms with Gasteiger partial charge in [-0.25, -0.2) is 14.6 Å². The summed E-state index contributed by atoms with van der Waals surface area (Å²) in [5.74, 6) is -2.12. The Morgan fingerprint density at radius 3 is 2.46 bits per heavy atom. The predicted molar refractivity (Wildman–Crippen MR) is 192 cm³/mol. The number of carbonyl (C=O) groups is 6. The Bertz CT molecular complexity index is 1690. The van der Waals surface area contributed by atoms with Gasteiger partial charge in [-0.15, -0.1) is 33.3 Å². The highest BCUT2D eigenvalue weighted by Crippen LogP contribution is 2.44. The Balaban J connectivity index is 1.34. The summed E-state index contributed by atoms with van der Waals surface area (Å²) in [6.45, 7) is 10.3. The van der Waals surface area contributed by atoms with Crippen molar-refractivity contribution in [1.82, 2.24) is 36.0 Å². The monoisotopic (exact) mass is 801 g/mol. The van der Waals surface area contributed by atoms with E-state index in [4.69, 9.17) is 14.3 Å². The van der Waals surface area contributed by atoms with Gasteiger partial charge >= 0.3 is 18.2 Å². The van der Waals surface area contributed by atoms with Gasteiger partial charge in [0.05, 0.1) is 13.1 Å². The Morgan fingerprint density at radius 1 is 1.12 bits per heavy atom. The third kappa shape index (κ3) is 11.1. The van der Waals surface area contributed by atoms with E-state index in [0.29, 0.717) is 15.8 Å². The third-order valence-corrected chi connectivity index (χ3v) is 11.5. The number of amides is 5. The van der Waals surface area contributed by atoms with Crippen molar-refractivity contribution in [3.63, 3.8) is 0 Å². The Hall–Kier alpha value is -4.22. The second kappa shape index (κ2) is 17.1. The summed E-state index contributed by atoms with van der Waals surface area (Å²) in [5.41, 5.74) is -2.88. The van der Waals surface area contributed by atoms with Crippen molar-refractivity contribution in [1.29, 1.82) is 0 Å². The first kappa shape index (κ1) is 40.5. The molecule has 23 heteroatoms. The minimum absolute atomic E-state index is 0.00620. The molecule has 0 radical (unpaired) electrons. The summed E-state index contributed by atoms with van der Waals surface area (Å²) in [6.07, 6.45) is -0.840. The van der Waals surface area contributed by atoms with E-state index < -0.39 is 58.0 Å². The van der Waals surface area contributed by atoms with Gasteiger partial charge in [-0.05, 0) is 41.5 Å². The molecular formula is C29H39N9O10S4. The first-order chi connectivity index (χ1) is 24.4. The SMILES string of the molecule is CC(C)(C)OC(=O)NCCON=C(C(=O)NC1C(=O)N2CC(CSc3nnc(CNC(=O)OC(C)(C)C)s3)(C(=O)O)CS[C@H]12)c1csc(NC=O)n1. The molecule has 3 atom stereocenters. The number of nitrogens with zero attached hydrogens (tertiary/aromatic N) is 5. The molecule has 0 aromatic carbocycles. The predicted octanol–water partition coefficient (Wildman–Crippen LogP) is 2.10. The average molecular weight is 802 g/mol. The summed E-state index contributed by atoms with van der Waals surface area (Å²) >= 11 is 4.65. The number of thiazole rings is 1. The topological polar surface area (TPSA) is 253 Å². The van der Waals surface area contributed by atoms with Crippen LogP contribution in [0.15, 0.2) is 14.9 Å². The lowest BCUT2D eigenvalue weighted by Crippen LogP contribution is -2.74. The zero-order valence-corrected chi connectivity index (χ0v) is 32.3. The van der Waals surface area contributed by atoms with Crippen LogP contribution in [-0.4, -0.2) is 121 Å². The minimum Gasteiger partial charge on any atom is -0.481 e. The first-order valence-electron chi connectivity index (χ1n) is 15.6. The molecule has 52 heavy (non-hydrogen) atoms. The highest BCUT2D eigenvalue weighted by Gasteiger charge is 2.57. The van der Waals surface area contributed by atoms with Gasteiger partial charge in [0.25, 0.3) is 5.91 Å². The maximum Gasteiger partial charge on any atom is 0.408 e. The molecule has 4 rings (SSSR count). The van der Waals surface area contributed by atoms with Crippen LogP contribution in [0.2, 0.25) is 0 Å². The van der Waals surface area contributed by atoms with E-state index in [0.717, 1.165) is 11.3 Å². The van der Waals surface area contributed by atoms with Crippen molar-refractivity contribution in [2.24, 2.45) is 10.6 Å². The van der Waals surface area contributed by atoms with Crippen molar-refractivity contribution >= 4 is 93.4 Å². The molecular weight excluding hydrogens is 763 g/mol. The van der Waals surface area contributed by atoms with E-state index in [1.54, 1.807) is 41.5 Å². The lowest BCUT2D eigenvalue weighted by atomic mass is 9.89. The van der Waals surface area contributed by atoms with Crippen molar-refractivity contribution in [3.05, 3.63) is 16.1 Å². The van der Waals surface area contributed by atoms with Gasteiger partial charge < -0.3 is 45.6 Å². The zero-order chi connectivity index (χ0) is 38.3. The second-order valence-electron chi connectivity index (χ2n) is 13.3. The van der Waals surface area contributed by atoms with Gasteiger partial charge in [-0.3, -0.25) is 19.2 Å². The number of nitrogens with one attached hydrogen (secondary N) is 4. The Kier molecular flexibility index (Phi) is 13.3. The number of thioether (sulfide) groups is 2. The zero-order valence-electron chi connectivity index (χ0n) is 29.0. The molecule has 5 N–H and O–H groups in total. The maximum absolute atomic E-state index is 13.4. The molecule has 2 aromatic heterocycles. The molecule has 2 saturated heterocycles. The molecule has 0 spiro atoms. The van der Waals surface area contributed by atoms with E-state index in [2.05, 4.69) is 41.6 Å². The van der Waals surface area contributed by atoms with Crippen LogP contribution in [0.1, 0.15) is 52.2 Å². The standard InChI is InChI=1S/C29H39N9O10S4/c1-27(2,3)47-24(44)30-7-8-46-37-17(15-10-49-23(33-15)32-14-39)19(40)34-18-20(41)38-11-29(22(42)43,12-50-21(18)38)13-51-26-36-35-16(52-26)9-31-25(45)48-28(4,5)6/h10,14,18,21H,7-9,11-13H2,1-6H3,(H,30,44)(H,31,45)(H,34,40)(H,42,43)(H,32,33,39)/t18?,21-,29?/m1/s1. The summed E-state index contributed by atoms with van der Waals surface area (Å²) in [4.78, 5) is 84.9. The molecule has 19 nitrogen and oxygen atoms in total. The smallest absolute Gasteiger partial charge is 0.408 e. The number of hydrogen-bond donors (Lipinski definition) is 5. The fourth-order valence-electron chi connectivity index (χ4n) is 4.47. The van der Waals surface area contributed by atoms with E-state index in [1.807, 2.05) is 0 Å². The average Bonchev–Trinajstić information content (AvgIpc) is 3.71. The molecule has 2 fully saturated rings. The highest BCUT2D eigenvalue weighted by molar-refractivity contribution is 8.01. The number of anilines is 1. The number of aromatic nitrogens is 3. The van der Waals surface area contributed by atoms with Crippen LogP contribution in [0.4, 0.5) is 14.7 Å². The van der Waals surface area contributed by atoms with Crippen molar-refractivity contribution in [2.45, 2.75) is 75.0 Å². The van der Waals surface area contributed by atoms with Gasteiger partial charge in [0.15, 0.2) is 15.2 Å². The van der Waals surface area contributed by atoms with Crippen LogP contribution in [0.5, 0.6) is 0 Å². The maximum atomic E-state index is 13.4. The summed E-state index contributed by atoms with van der Waals surface area (Å²) in [5, 5.41) is 34.1. The van der Waals surface area contributed by atoms with Crippen molar-refractivity contribution < 1.29 is 48.2 Å². The number of oxime groups is 1. The van der Waals surface area contributed by atoms with E-state index in [1.165, 1.54) is 45.1 Å². The van der Waals surface area contributed by atoms with E-state index in [9.17, 15) is 33.9 Å². The van der Waals surface area contributed by atoms with Gasteiger partial charge in [0.1, 0.15) is 45.3 Å². The normalized spacial score (nSPS) is 20.2. The van der Waals surface area contributed by atoms with Gasteiger partial charge in [0, 0.05) is 23.4 Å². The number of aliphatic carboxylic acids is 1. The fraction of sp³-hybridized carbons (Fsp3) is 0.586. The summed E-state index contributed by atoms with van der Waals surface area (Å²) in [6, 6.07) is -0.981. The number of carboxylic acid groups (broad SMARTS) is 1. The molecule has 2 aliphatic heterocycles. The number of fused-ring (bicyclic) bond motifs is 1. The number of rotatable bonds is 15. The largest absolute Gasteiger partial charge is 0.481 e. The number of alkyl carbamates (subject to hydrolysis) is 2. The van der Waals surface area contributed by atoms with Crippen LogP contribution >= 0.6 is 46.2 Å².